The lowest BCUT2D eigenvalue weighted by Crippen LogP contribution is -2.13. The van der Waals surface area contributed by atoms with Crippen molar-refractivity contribution in [2.24, 2.45) is 5.73 Å². The van der Waals surface area contributed by atoms with Gasteiger partial charge in [-0.3, -0.25) is 0 Å². The topological polar surface area (TPSA) is 69.6 Å². The summed E-state index contributed by atoms with van der Waals surface area (Å²) in [5, 5.41) is 10.9. The maximum atomic E-state index is 11.8. The Morgan fingerprint density at radius 2 is 2.13 bits per heavy atom. The first-order valence-corrected chi connectivity index (χ1v) is 5.17. The largest absolute Gasteiger partial charge is 0.389 e. The van der Waals surface area contributed by atoms with Crippen LogP contribution in [0.25, 0.3) is 0 Å². The Hall–Kier alpha value is -0.830. The summed E-state index contributed by atoms with van der Waals surface area (Å²) in [5.41, 5.74) is 5.28. The van der Waals surface area contributed by atoms with Crippen LogP contribution in [0.4, 0.5) is 13.2 Å². The van der Waals surface area contributed by atoms with Crippen molar-refractivity contribution in [2.45, 2.75) is 24.3 Å². The fourth-order valence-corrected chi connectivity index (χ4v) is 1.71. The number of aromatic nitrogens is 4. The Labute approximate surface area is 88.2 Å². The lowest BCUT2D eigenvalue weighted by molar-refractivity contribution is -0.129. The molecule has 0 saturated heterocycles. The molecule has 0 atom stereocenters. The van der Waals surface area contributed by atoms with Gasteiger partial charge in [-0.05, 0) is 10.4 Å². The van der Waals surface area contributed by atoms with Crippen molar-refractivity contribution < 1.29 is 13.2 Å². The fourth-order valence-electron chi connectivity index (χ4n) is 0.820. The number of tetrazole rings is 1. The summed E-state index contributed by atoms with van der Waals surface area (Å²) in [4.78, 5) is 0. The van der Waals surface area contributed by atoms with Gasteiger partial charge < -0.3 is 5.73 Å². The van der Waals surface area contributed by atoms with E-state index in [-0.39, 0.29) is 5.75 Å². The van der Waals surface area contributed by atoms with Crippen LogP contribution in [0.3, 0.4) is 0 Å². The van der Waals surface area contributed by atoms with Crippen LogP contribution < -0.4 is 5.73 Å². The average molecular weight is 241 g/mol. The minimum atomic E-state index is -4.14. The number of thioether (sulfide) groups is 1. The summed E-state index contributed by atoms with van der Waals surface area (Å²) in [6.45, 7) is 0.749. The quantitative estimate of drug-likeness (QED) is 0.767. The molecule has 1 rings (SSSR count). The normalized spacial score (nSPS) is 12.0. The van der Waals surface area contributed by atoms with E-state index in [0.29, 0.717) is 18.2 Å². The molecule has 1 heterocycles. The molecule has 0 radical (unpaired) electrons. The predicted octanol–water partition coefficient (Wildman–Crippen LogP) is 0.676. The number of hydrogen-bond acceptors (Lipinski definition) is 5. The molecule has 0 aromatic carbocycles. The molecule has 1 aromatic rings. The number of hydrogen-bond donors (Lipinski definition) is 1. The van der Waals surface area contributed by atoms with Crippen LogP contribution in [-0.2, 0) is 6.54 Å². The second kappa shape index (κ2) is 5.31. The van der Waals surface area contributed by atoms with Gasteiger partial charge in [0.15, 0.2) is 0 Å². The molecule has 0 saturated carbocycles. The summed E-state index contributed by atoms with van der Waals surface area (Å²) in [6, 6.07) is 0. The van der Waals surface area contributed by atoms with Gasteiger partial charge in [0.2, 0.25) is 5.16 Å². The summed E-state index contributed by atoms with van der Waals surface area (Å²) >= 11 is 0.972. The lowest BCUT2D eigenvalue weighted by atomic mass is 10.5. The maximum absolute atomic E-state index is 11.8. The van der Waals surface area contributed by atoms with Crippen molar-refractivity contribution in [1.29, 1.82) is 0 Å². The summed E-state index contributed by atoms with van der Waals surface area (Å²) < 4.78 is 36.9. The molecular formula is C6H10F3N5S. The Balaban J connectivity index is 2.40. The van der Waals surface area contributed by atoms with Crippen molar-refractivity contribution in [2.75, 3.05) is 12.3 Å². The van der Waals surface area contributed by atoms with E-state index in [1.54, 1.807) is 0 Å². The van der Waals surface area contributed by atoms with Crippen LogP contribution in [0.15, 0.2) is 5.16 Å². The average Bonchev–Trinajstić information content (AvgIpc) is 2.51. The first kappa shape index (κ1) is 12.2. The second-order valence-corrected chi connectivity index (χ2v) is 3.75. The van der Waals surface area contributed by atoms with Gasteiger partial charge >= 0.3 is 6.18 Å². The van der Waals surface area contributed by atoms with E-state index in [1.165, 1.54) is 4.68 Å². The molecular weight excluding hydrogens is 231 g/mol. The molecule has 1 aromatic heterocycles. The van der Waals surface area contributed by atoms with Gasteiger partial charge in [0.1, 0.15) is 0 Å². The highest BCUT2D eigenvalue weighted by atomic mass is 32.2. The molecule has 0 aliphatic rings. The summed E-state index contributed by atoms with van der Waals surface area (Å²) in [7, 11) is 0. The molecule has 0 bridgehead atoms. The SMILES string of the molecule is NCCn1nnnc1SCCC(F)(F)F. The predicted molar refractivity (Wildman–Crippen MR) is 48.3 cm³/mol. The Morgan fingerprint density at radius 3 is 2.73 bits per heavy atom. The zero-order valence-electron chi connectivity index (χ0n) is 7.74. The molecule has 2 N–H and O–H groups in total. The molecule has 0 aliphatic heterocycles. The van der Waals surface area contributed by atoms with Crippen LogP contribution in [0.1, 0.15) is 6.42 Å². The van der Waals surface area contributed by atoms with Crippen LogP contribution >= 0.6 is 11.8 Å². The van der Waals surface area contributed by atoms with Crippen molar-refractivity contribution in [3.63, 3.8) is 0 Å². The Kier molecular flexibility index (Phi) is 4.33. The van der Waals surface area contributed by atoms with Gasteiger partial charge in [-0.1, -0.05) is 11.8 Å². The molecule has 0 unspecified atom stereocenters. The van der Waals surface area contributed by atoms with Crippen LogP contribution in [0.5, 0.6) is 0 Å². The monoisotopic (exact) mass is 241 g/mol. The number of alkyl halides is 3. The van der Waals surface area contributed by atoms with E-state index < -0.39 is 12.6 Å². The second-order valence-electron chi connectivity index (χ2n) is 2.69. The first-order valence-electron chi connectivity index (χ1n) is 4.18. The van der Waals surface area contributed by atoms with Crippen LogP contribution in [-0.4, -0.2) is 38.7 Å². The molecule has 0 amide bonds. The van der Waals surface area contributed by atoms with Gasteiger partial charge in [0.25, 0.3) is 0 Å². The number of nitrogens with zero attached hydrogens (tertiary/aromatic N) is 4. The van der Waals surface area contributed by atoms with Gasteiger partial charge in [-0.25, -0.2) is 4.68 Å². The molecule has 5 nitrogen and oxygen atoms in total. The molecule has 0 aliphatic carbocycles. The molecule has 15 heavy (non-hydrogen) atoms. The standard InChI is InChI=1S/C6H10F3N5S/c7-6(8,9)1-4-15-5-11-12-13-14(5)3-2-10/h1-4,10H2. The maximum Gasteiger partial charge on any atom is 0.389 e. The molecule has 0 fully saturated rings. The third-order valence-electron chi connectivity index (χ3n) is 1.46. The van der Waals surface area contributed by atoms with Crippen LogP contribution in [0.2, 0.25) is 0 Å². The Morgan fingerprint density at radius 1 is 1.40 bits per heavy atom. The van der Waals surface area contributed by atoms with E-state index in [4.69, 9.17) is 5.73 Å². The third-order valence-corrected chi connectivity index (χ3v) is 2.42. The van der Waals surface area contributed by atoms with E-state index in [2.05, 4.69) is 15.5 Å². The number of halogens is 3. The van der Waals surface area contributed by atoms with Gasteiger partial charge in [0.05, 0.1) is 13.0 Å². The van der Waals surface area contributed by atoms with E-state index in [9.17, 15) is 13.2 Å². The minimum Gasteiger partial charge on any atom is -0.329 e. The van der Waals surface area contributed by atoms with Gasteiger partial charge in [-0.15, -0.1) is 5.10 Å². The van der Waals surface area contributed by atoms with Crippen molar-refractivity contribution >= 4 is 11.8 Å². The fraction of sp³-hybridized carbons (Fsp3) is 0.833. The summed E-state index contributed by atoms with van der Waals surface area (Å²) in [6.07, 6.45) is -4.99. The van der Waals surface area contributed by atoms with Crippen LogP contribution in [0, 0.1) is 0 Å². The number of nitrogens with two attached hydrogens (primary N) is 1. The van der Waals surface area contributed by atoms with E-state index in [0.717, 1.165) is 11.8 Å². The van der Waals surface area contributed by atoms with Crippen molar-refractivity contribution in [1.82, 2.24) is 20.2 Å². The molecule has 9 heteroatoms. The zero-order chi connectivity index (χ0) is 11.3. The zero-order valence-corrected chi connectivity index (χ0v) is 8.55. The van der Waals surface area contributed by atoms with E-state index >= 15 is 0 Å². The summed E-state index contributed by atoms with van der Waals surface area (Å²) in [5.74, 6) is -0.0888. The Bertz CT molecular complexity index is 299. The highest BCUT2D eigenvalue weighted by Gasteiger charge is 2.26. The van der Waals surface area contributed by atoms with E-state index in [1.807, 2.05) is 0 Å². The van der Waals surface area contributed by atoms with Gasteiger partial charge in [-0.2, -0.15) is 13.2 Å². The third kappa shape index (κ3) is 4.47. The molecule has 86 valence electrons. The highest BCUT2D eigenvalue weighted by molar-refractivity contribution is 7.99. The smallest absolute Gasteiger partial charge is 0.329 e. The minimum absolute atomic E-state index is 0.0888. The van der Waals surface area contributed by atoms with Crippen molar-refractivity contribution in [3.8, 4) is 0 Å². The molecule has 0 spiro atoms. The van der Waals surface area contributed by atoms with Gasteiger partial charge in [0, 0.05) is 12.3 Å². The first-order chi connectivity index (χ1) is 7.03. The highest BCUT2D eigenvalue weighted by Crippen LogP contribution is 2.24. The lowest BCUT2D eigenvalue weighted by Gasteiger charge is -2.05. The van der Waals surface area contributed by atoms with Crippen molar-refractivity contribution in [3.05, 3.63) is 0 Å². The number of rotatable bonds is 5.